The first-order valence-corrected chi connectivity index (χ1v) is 3.86. The summed E-state index contributed by atoms with van der Waals surface area (Å²) >= 11 is 0. The lowest BCUT2D eigenvalue weighted by Crippen LogP contribution is -2.08. The van der Waals surface area contributed by atoms with E-state index in [0.717, 1.165) is 12.2 Å². The summed E-state index contributed by atoms with van der Waals surface area (Å²) in [6, 6.07) is 0. The summed E-state index contributed by atoms with van der Waals surface area (Å²) in [7, 11) is 0. The lowest BCUT2D eigenvalue weighted by atomic mass is 10.4. The third-order valence-electron chi connectivity index (χ3n) is 0.785. The maximum atomic E-state index is 3.70. The van der Waals surface area contributed by atoms with Crippen molar-refractivity contribution in [3.05, 3.63) is 24.6 Å². The van der Waals surface area contributed by atoms with Gasteiger partial charge >= 0.3 is 0 Å². The molecule has 11 heavy (non-hydrogen) atoms. The van der Waals surface area contributed by atoms with E-state index in [1.807, 2.05) is 20.8 Å². The van der Waals surface area contributed by atoms with Crippen LogP contribution in [0.5, 0.6) is 0 Å². The first kappa shape index (κ1) is 12.6. The molecule has 1 N–H and O–H groups in total. The molecule has 0 fully saturated rings. The largest absolute Gasteiger partial charge is 0.386 e. The van der Waals surface area contributed by atoms with Gasteiger partial charge in [-0.25, -0.2) is 0 Å². The van der Waals surface area contributed by atoms with E-state index in [1.54, 1.807) is 12.3 Å². The number of hydrogen-bond donors (Lipinski definition) is 1. The molecule has 64 valence electrons. The summed E-state index contributed by atoms with van der Waals surface area (Å²) in [5.74, 6) is 0. The predicted octanol–water partition coefficient (Wildman–Crippen LogP) is 2.35. The minimum absolute atomic E-state index is 0.866. The van der Waals surface area contributed by atoms with Crippen LogP contribution in [0.3, 0.4) is 0 Å². The quantitative estimate of drug-likeness (QED) is 0.488. The van der Waals surface area contributed by atoms with Gasteiger partial charge in [-0.2, -0.15) is 0 Å². The summed E-state index contributed by atoms with van der Waals surface area (Å²) in [4.78, 5) is 3.53. The Balaban J connectivity index is 0. The van der Waals surface area contributed by atoms with Gasteiger partial charge in [0.2, 0.25) is 0 Å². The van der Waals surface area contributed by atoms with Crippen LogP contribution in [0.2, 0.25) is 0 Å². The molecule has 0 saturated carbocycles. The van der Waals surface area contributed by atoms with Gasteiger partial charge in [-0.3, -0.25) is 4.99 Å². The second-order valence-electron chi connectivity index (χ2n) is 1.55. The SMILES string of the molecule is C=N/C=C\C(=C)NCC.CC. The highest BCUT2D eigenvalue weighted by Crippen LogP contribution is 1.84. The number of allylic oxidation sites excluding steroid dienone is 1. The van der Waals surface area contributed by atoms with Gasteiger partial charge in [0.15, 0.2) is 0 Å². The Labute approximate surface area is 69.7 Å². The average Bonchev–Trinajstić information content (AvgIpc) is 2.05. The van der Waals surface area contributed by atoms with E-state index in [9.17, 15) is 0 Å². The molecule has 0 rings (SSSR count). The van der Waals surface area contributed by atoms with Crippen molar-refractivity contribution >= 4 is 6.72 Å². The summed E-state index contributed by atoms with van der Waals surface area (Å²) in [5, 5.41) is 3.01. The fraction of sp³-hybridized carbons (Fsp3) is 0.444. The van der Waals surface area contributed by atoms with Crippen LogP contribution in [0.25, 0.3) is 0 Å². The predicted molar refractivity (Wildman–Crippen MR) is 52.9 cm³/mol. The maximum absolute atomic E-state index is 3.70. The first-order valence-electron chi connectivity index (χ1n) is 3.86. The van der Waals surface area contributed by atoms with E-state index in [1.165, 1.54) is 0 Å². The third-order valence-corrected chi connectivity index (χ3v) is 0.785. The Bertz CT molecular complexity index is 126. The summed E-state index contributed by atoms with van der Waals surface area (Å²) in [6.45, 7) is 13.9. The first-order chi connectivity index (χ1) is 5.31. The highest BCUT2D eigenvalue weighted by molar-refractivity contribution is 5.26. The van der Waals surface area contributed by atoms with Crippen LogP contribution in [0.4, 0.5) is 0 Å². The van der Waals surface area contributed by atoms with Gasteiger partial charge in [0, 0.05) is 18.4 Å². The molecule has 0 heterocycles. The number of hydrogen-bond acceptors (Lipinski definition) is 2. The number of aliphatic imine (C=N–C) groups is 1. The van der Waals surface area contributed by atoms with Gasteiger partial charge in [-0.15, -0.1) is 0 Å². The molecule has 0 aromatic heterocycles. The molecular weight excluding hydrogens is 136 g/mol. The standard InChI is InChI=1S/C7H12N2.C2H6/c1-4-9-7(2)5-6-8-3;1-2/h5-6,9H,2-4H2,1H3;1-2H3/b6-5-;. The Morgan fingerprint density at radius 1 is 1.55 bits per heavy atom. The Hall–Kier alpha value is -1.05. The molecule has 0 saturated heterocycles. The molecule has 2 heteroatoms. The van der Waals surface area contributed by atoms with Crippen LogP contribution in [-0.4, -0.2) is 13.3 Å². The number of nitrogens with one attached hydrogen (secondary N) is 1. The Kier molecular flexibility index (Phi) is 13.4. The maximum Gasteiger partial charge on any atom is 0.0282 e. The van der Waals surface area contributed by atoms with Crippen molar-refractivity contribution in [2.45, 2.75) is 20.8 Å². The van der Waals surface area contributed by atoms with Crippen molar-refractivity contribution in [2.24, 2.45) is 4.99 Å². The molecule has 0 aliphatic heterocycles. The Morgan fingerprint density at radius 3 is 2.45 bits per heavy atom. The van der Waals surface area contributed by atoms with Crippen molar-refractivity contribution in [3.63, 3.8) is 0 Å². The van der Waals surface area contributed by atoms with E-state index in [2.05, 4.69) is 23.6 Å². The lowest BCUT2D eigenvalue weighted by Gasteiger charge is -1.97. The van der Waals surface area contributed by atoms with Crippen molar-refractivity contribution in [2.75, 3.05) is 6.54 Å². The second-order valence-corrected chi connectivity index (χ2v) is 1.55. The number of rotatable bonds is 4. The molecule has 0 unspecified atom stereocenters. The fourth-order valence-electron chi connectivity index (χ4n) is 0.429. The third kappa shape index (κ3) is 12.2. The molecular formula is C9H18N2. The highest BCUT2D eigenvalue weighted by atomic mass is 14.9. The zero-order chi connectivity index (χ0) is 9.11. The number of nitrogens with zero attached hydrogens (tertiary/aromatic N) is 1. The average molecular weight is 154 g/mol. The molecule has 0 spiro atoms. The zero-order valence-corrected chi connectivity index (χ0v) is 7.72. The van der Waals surface area contributed by atoms with Crippen LogP contribution in [-0.2, 0) is 0 Å². The van der Waals surface area contributed by atoms with E-state index < -0.39 is 0 Å². The van der Waals surface area contributed by atoms with E-state index in [4.69, 9.17) is 0 Å². The minimum atomic E-state index is 0.866. The van der Waals surface area contributed by atoms with Crippen LogP contribution >= 0.6 is 0 Å². The summed E-state index contributed by atoms with van der Waals surface area (Å²) < 4.78 is 0. The smallest absolute Gasteiger partial charge is 0.0282 e. The summed E-state index contributed by atoms with van der Waals surface area (Å²) in [5.41, 5.74) is 0.866. The Morgan fingerprint density at radius 2 is 2.09 bits per heavy atom. The molecule has 0 aliphatic carbocycles. The van der Waals surface area contributed by atoms with Crippen LogP contribution in [0, 0.1) is 0 Å². The second kappa shape index (κ2) is 11.7. The van der Waals surface area contributed by atoms with Crippen molar-refractivity contribution in [1.82, 2.24) is 5.32 Å². The topological polar surface area (TPSA) is 24.4 Å². The van der Waals surface area contributed by atoms with Crippen LogP contribution < -0.4 is 5.32 Å². The minimum Gasteiger partial charge on any atom is -0.386 e. The van der Waals surface area contributed by atoms with Gasteiger partial charge in [0.1, 0.15) is 0 Å². The molecule has 2 nitrogen and oxygen atoms in total. The van der Waals surface area contributed by atoms with E-state index >= 15 is 0 Å². The van der Waals surface area contributed by atoms with Crippen molar-refractivity contribution in [3.8, 4) is 0 Å². The van der Waals surface area contributed by atoms with Gasteiger partial charge in [-0.05, 0) is 19.7 Å². The molecule has 0 aromatic carbocycles. The molecule has 0 bridgehead atoms. The molecule has 0 aliphatic rings. The monoisotopic (exact) mass is 154 g/mol. The van der Waals surface area contributed by atoms with Crippen molar-refractivity contribution in [1.29, 1.82) is 0 Å². The molecule has 0 amide bonds. The fourth-order valence-corrected chi connectivity index (χ4v) is 0.429. The van der Waals surface area contributed by atoms with Crippen molar-refractivity contribution < 1.29 is 0 Å². The summed E-state index contributed by atoms with van der Waals surface area (Å²) in [6.07, 6.45) is 3.38. The van der Waals surface area contributed by atoms with Gasteiger partial charge in [0.25, 0.3) is 0 Å². The molecule has 0 atom stereocenters. The van der Waals surface area contributed by atoms with Gasteiger partial charge in [0.05, 0.1) is 0 Å². The normalized spacial score (nSPS) is 8.27. The van der Waals surface area contributed by atoms with Gasteiger partial charge < -0.3 is 5.32 Å². The van der Waals surface area contributed by atoms with Crippen LogP contribution in [0.1, 0.15) is 20.8 Å². The lowest BCUT2D eigenvalue weighted by molar-refractivity contribution is 0.882. The van der Waals surface area contributed by atoms with E-state index in [0.29, 0.717) is 0 Å². The number of likely N-dealkylation sites (N-methyl/N-ethyl adjacent to an activating group) is 1. The van der Waals surface area contributed by atoms with E-state index in [-0.39, 0.29) is 0 Å². The molecule has 0 aromatic rings. The molecule has 0 radical (unpaired) electrons. The van der Waals surface area contributed by atoms with Crippen LogP contribution in [0.15, 0.2) is 29.5 Å². The van der Waals surface area contributed by atoms with Gasteiger partial charge in [-0.1, -0.05) is 20.4 Å². The highest BCUT2D eigenvalue weighted by Gasteiger charge is 1.78. The zero-order valence-electron chi connectivity index (χ0n) is 7.72.